The second-order valence-corrected chi connectivity index (χ2v) is 6.29. The molecule has 0 atom stereocenters. The van der Waals surface area contributed by atoms with Gasteiger partial charge in [-0.05, 0) is 55.4 Å². The molecule has 1 nitrogen and oxygen atoms in total. The van der Waals surface area contributed by atoms with Gasteiger partial charge in [-0.25, -0.2) is 0 Å². The molecular formula is C19H23N. The molecule has 1 saturated carbocycles. The molecule has 0 aliphatic heterocycles. The number of hydrogen-bond acceptors (Lipinski definition) is 1. The summed E-state index contributed by atoms with van der Waals surface area (Å²) in [6.07, 6.45) is 3.51. The van der Waals surface area contributed by atoms with Crippen molar-refractivity contribution in [1.29, 1.82) is 0 Å². The van der Waals surface area contributed by atoms with E-state index in [0.29, 0.717) is 0 Å². The zero-order valence-electron chi connectivity index (χ0n) is 12.4. The van der Waals surface area contributed by atoms with E-state index < -0.39 is 0 Å². The molecule has 0 heterocycles. The van der Waals surface area contributed by atoms with Crippen molar-refractivity contribution >= 4 is 0 Å². The van der Waals surface area contributed by atoms with E-state index in [-0.39, 0.29) is 5.41 Å². The van der Waals surface area contributed by atoms with Gasteiger partial charge >= 0.3 is 0 Å². The van der Waals surface area contributed by atoms with Crippen molar-refractivity contribution in [3.05, 3.63) is 70.3 Å². The molecule has 2 N–H and O–H groups in total. The first kappa shape index (κ1) is 13.4. The Bertz CT molecular complexity index is 623. The van der Waals surface area contributed by atoms with E-state index in [1.165, 1.54) is 40.7 Å². The molecule has 0 unspecified atom stereocenters. The van der Waals surface area contributed by atoms with Gasteiger partial charge < -0.3 is 5.73 Å². The second kappa shape index (κ2) is 5.06. The molecule has 0 saturated heterocycles. The highest BCUT2D eigenvalue weighted by molar-refractivity contribution is 5.39. The van der Waals surface area contributed by atoms with Gasteiger partial charge in [-0.1, -0.05) is 48.0 Å². The minimum Gasteiger partial charge on any atom is -0.330 e. The summed E-state index contributed by atoms with van der Waals surface area (Å²) in [5.41, 5.74) is 13.2. The van der Waals surface area contributed by atoms with Gasteiger partial charge in [-0.2, -0.15) is 0 Å². The van der Waals surface area contributed by atoms with Gasteiger partial charge in [0.05, 0.1) is 0 Å². The predicted octanol–water partition coefficient (Wildman–Crippen LogP) is 3.88. The summed E-state index contributed by atoms with van der Waals surface area (Å²) in [5, 5.41) is 0. The highest BCUT2D eigenvalue weighted by atomic mass is 14.7. The lowest BCUT2D eigenvalue weighted by molar-refractivity contribution is 0.703. The second-order valence-electron chi connectivity index (χ2n) is 6.29. The van der Waals surface area contributed by atoms with Crippen molar-refractivity contribution < 1.29 is 0 Å². The average molecular weight is 265 g/mol. The van der Waals surface area contributed by atoms with Crippen LogP contribution in [0.4, 0.5) is 0 Å². The van der Waals surface area contributed by atoms with Crippen molar-refractivity contribution in [2.75, 3.05) is 6.54 Å². The van der Waals surface area contributed by atoms with Gasteiger partial charge in [-0.15, -0.1) is 0 Å². The van der Waals surface area contributed by atoms with Gasteiger partial charge in [0.1, 0.15) is 0 Å². The van der Waals surface area contributed by atoms with Crippen LogP contribution in [0, 0.1) is 13.8 Å². The predicted molar refractivity (Wildman–Crippen MR) is 85.1 cm³/mol. The van der Waals surface area contributed by atoms with Gasteiger partial charge in [0, 0.05) is 12.0 Å². The summed E-state index contributed by atoms with van der Waals surface area (Å²) in [6.45, 7) is 5.13. The Balaban J connectivity index is 1.88. The van der Waals surface area contributed by atoms with Crippen LogP contribution in [0.1, 0.15) is 40.7 Å². The fourth-order valence-electron chi connectivity index (χ4n) is 2.98. The number of hydrogen-bond donors (Lipinski definition) is 1. The van der Waals surface area contributed by atoms with Crippen LogP contribution in [0.2, 0.25) is 0 Å². The van der Waals surface area contributed by atoms with Gasteiger partial charge in [0.15, 0.2) is 0 Å². The standard InChI is InChI=1S/C19H23N/c1-14-6-7-15(2)17(10-14)11-16-4-3-5-18(12-16)19(13-20)8-9-19/h3-7,10,12H,8-9,11,13,20H2,1-2H3. The normalized spacial score (nSPS) is 16.1. The van der Waals surface area contributed by atoms with Crippen molar-refractivity contribution in [1.82, 2.24) is 0 Å². The third-order valence-electron chi connectivity index (χ3n) is 4.68. The SMILES string of the molecule is Cc1ccc(C)c(Cc2cccc(C3(CN)CC3)c2)c1. The van der Waals surface area contributed by atoms with E-state index in [2.05, 4.69) is 56.3 Å². The zero-order valence-corrected chi connectivity index (χ0v) is 12.4. The van der Waals surface area contributed by atoms with E-state index in [1.54, 1.807) is 0 Å². The zero-order chi connectivity index (χ0) is 14.2. The summed E-state index contributed by atoms with van der Waals surface area (Å²) >= 11 is 0. The highest BCUT2D eigenvalue weighted by Gasteiger charge is 2.42. The Kier molecular flexibility index (Phi) is 3.39. The summed E-state index contributed by atoms with van der Waals surface area (Å²) in [7, 11) is 0. The molecule has 0 amide bonds. The highest BCUT2D eigenvalue weighted by Crippen LogP contribution is 2.47. The van der Waals surface area contributed by atoms with Crippen LogP contribution in [-0.4, -0.2) is 6.54 Å². The summed E-state index contributed by atoms with van der Waals surface area (Å²) in [4.78, 5) is 0. The molecule has 2 aromatic carbocycles. The lowest BCUT2D eigenvalue weighted by Gasteiger charge is -2.15. The van der Waals surface area contributed by atoms with E-state index in [1.807, 2.05) is 0 Å². The first-order valence-corrected chi connectivity index (χ1v) is 7.49. The molecule has 0 radical (unpaired) electrons. The van der Waals surface area contributed by atoms with Crippen LogP contribution >= 0.6 is 0 Å². The fourth-order valence-corrected chi connectivity index (χ4v) is 2.98. The molecule has 1 aliphatic carbocycles. The van der Waals surface area contributed by atoms with Gasteiger partial charge in [0.2, 0.25) is 0 Å². The van der Waals surface area contributed by atoms with Crippen LogP contribution in [0.25, 0.3) is 0 Å². The van der Waals surface area contributed by atoms with Crippen LogP contribution in [-0.2, 0) is 11.8 Å². The lowest BCUT2D eigenvalue weighted by atomic mass is 9.92. The summed E-state index contributed by atoms with van der Waals surface area (Å²) in [6, 6.07) is 15.7. The van der Waals surface area contributed by atoms with E-state index in [9.17, 15) is 0 Å². The van der Waals surface area contributed by atoms with E-state index in [4.69, 9.17) is 5.73 Å². The van der Waals surface area contributed by atoms with Crippen molar-refractivity contribution in [2.45, 2.75) is 38.5 Å². The fraction of sp³-hybridized carbons (Fsp3) is 0.368. The van der Waals surface area contributed by atoms with Crippen molar-refractivity contribution in [2.24, 2.45) is 5.73 Å². The monoisotopic (exact) mass is 265 g/mol. The van der Waals surface area contributed by atoms with Gasteiger partial charge in [0.25, 0.3) is 0 Å². The van der Waals surface area contributed by atoms with E-state index >= 15 is 0 Å². The number of nitrogens with two attached hydrogens (primary N) is 1. The number of rotatable bonds is 4. The van der Waals surface area contributed by atoms with E-state index in [0.717, 1.165) is 13.0 Å². The molecule has 0 spiro atoms. The average Bonchev–Trinajstić information content (AvgIpc) is 3.24. The van der Waals surface area contributed by atoms with Crippen LogP contribution < -0.4 is 5.73 Å². The topological polar surface area (TPSA) is 26.0 Å². The third kappa shape index (κ3) is 2.51. The summed E-state index contributed by atoms with van der Waals surface area (Å²) in [5.74, 6) is 0. The molecular weight excluding hydrogens is 242 g/mol. The Morgan fingerprint density at radius 1 is 1.05 bits per heavy atom. The smallest absolute Gasteiger partial charge is 0.00763 e. The van der Waals surface area contributed by atoms with Crippen molar-refractivity contribution in [3.8, 4) is 0 Å². The minimum absolute atomic E-state index is 0.289. The minimum atomic E-state index is 0.289. The first-order valence-electron chi connectivity index (χ1n) is 7.49. The Hall–Kier alpha value is -1.60. The number of aryl methyl sites for hydroxylation is 2. The van der Waals surface area contributed by atoms with Crippen molar-refractivity contribution in [3.63, 3.8) is 0 Å². The molecule has 1 aliphatic rings. The molecule has 2 aromatic rings. The van der Waals surface area contributed by atoms with Crippen LogP contribution in [0.15, 0.2) is 42.5 Å². The molecule has 3 rings (SSSR count). The molecule has 0 bridgehead atoms. The Morgan fingerprint density at radius 2 is 1.85 bits per heavy atom. The van der Waals surface area contributed by atoms with Gasteiger partial charge in [-0.3, -0.25) is 0 Å². The molecule has 1 heteroatoms. The first-order chi connectivity index (χ1) is 9.63. The molecule has 20 heavy (non-hydrogen) atoms. The Labute approximate surface area is 121 Å². The quantitative estimate of drug-likeness (QED) is 0.892. The molecule has 1 fully saturated rings. The lowest BCUT2D eigenvalue weighted by Crippen LogP contribution is -2.19. The molecule has 104 valence electrons. The number of benzene rings is 2. The summed E-state index contributed by atoms with van der Waals surface area (Å²) < 4.78 is 0. The maximum absolute atomic E-state index is 5.95. The van der Waals surface area contributed by atoms with Crippen LogP contribution in [0.5, 0.6) is 0 Å². The maximum atomic E-state index is 5.95. The van der Waals surface area contributed by atoms with Crippen LogP contribution in [0.3, 0.4) is 0 Å². The maximum Gasteiger partial charge on any atom is 0.00763 e. The Morgan fingerprint density at radius 3 is 2.55 bits per heavy atom. The third-order valence-corrected chi connectivity index (χ3v) is 4.68. The largest absolute Gasteiger partial charge is 0.330 e. The molecule has 0 aromatic heterocycles.